The summed E-state index contributed by atoms with van der Waals surface area (Å²) in [6.07, 6.45) is 3.65. The normalized spacial score (nSPS) is 9.81. The molecule has 8 nitrogen and oxygen atoms in total. The van der Waals surface area contributed by atoms with Crippen molar-refractivity contribution < 1.29 is 158 Å². The molecule has 0 bridgehead atoms. The zero-order chi connectivity index (χ0) is 27.4. The fourth-order valence-corrected chi connectivity index (χ4v) is 3.83. The van der Waals surface area contributed by atoms with Crippen LogP contribution in [0.15, 0.2) is 84.9 Å². The van der Waals surface area contributed by atoms with Gasteiger partial charge in [0.1, 0.15) is 0 Å². The Balaban J connectivity index is 0.00000420. The summed E-state index contributed by atoms with van der Waals surface area (Å²) in [5.41, 5.74) is 2.55. The molecular formula is C30H16Na4O8. The summed E-state index contributed by atoms with van der Waals surface area (Å²) in [4.78, 5) is 44.9. The van der Waals surface area contributed by atoms with Crippen molar-refractivity contribution in [2.24, 2.45) is 0 Å². The van der Waals surface area contributed by atoms with Gasteiger partial charge >= 0.3 is 118 Å². The van der Waals surface area contributed by atoms with Gasteiger partial charge in [-0.2, -0.15) is 0 Å². The zero-order valence-corrected chi connectivity index (χ0v) is 31.5. The Hall–Kier alpha value is -1.50. The van der Waals surface area contributed by atoms with Gasteiger partial charge in [0, 0.05) is 0 Å². The fourth-order valence-electron chi connectivity index (χ4n) is 3.83. The van der Waals surface area contributed by atoms with Crippen molar-refractivity contribution in [3.63, 3.8) is 0 Å². The van der Waals surface area contributed by atoms with Crippen molar-refractivity contribution in [2.45, 2.75) is 0 Å². The molecule has 0 amide bonds. The van der Waals surface area contributed by atoms with E-state index in [4.69, 9.17) is 0 Å². The van der Waals surface area contributed by atoms with Crippen molar-refractivity contribution in [1.82, 2.24) is 0 Å². The fraction of sp³-hybridized carbons (Fsp3) is 0. The van der Waals surface area contributed by atoms with Crippen LogP contribution < -0.4 is 139 Å². The molecule has 4 aromatic carbocycles. The van der Waals surface area contributed by atoms with Gasteiger partial charge in [-0.15, -0.1) is 0 Å². The molecule has 0 saturated heterocycles. The molecule has 0 heterocycles. The number of carbonyl (C=O) groups is 4. The van der Waals surface area contributed by atoms with Crippen molar-refractivity contribution in [3.05, 3.63) is 118 Å². The van der Waals surface area contributed by atoms with E-state index in [1.165, 1.54) is 24.3 Å². The third kappa shape index (κ3) is 10.6. The van der Waals surface area contributed by atoms with Gasteiger partial charge in [-0.25, -0.2) is 0 Å². The largest absolute Gasteiger partial charge is 1.00 e. The van der Waals surface area contributed by atoms with E-state index >= 15 is 0 Å². The van der Waals surface area contributed by atoms with Gasteiger partial charge in [-0.1, -0.05) is 60.7 Å². The predicted molar refractivity (Wildman–Crippen MR) is 130 cm³/mol. The van der Waals surface area contributed by atoms with Crippen LogP contribution >= 0.6 is 0 Å². The van der Waals surface area contributed by atoms with E-state index in [1.54, 1.807) is 48.5 Å². The van der Waals surface area contributed by atoms with Gasteiger partial charge in [0.15, 0.2) is 0 Å². The van der Waals surface area contributed by atoms with Crippen LogP contribution in [-0.2, 0) is 0 Å². The molecule has 0 N–H and O–H groups in total. The molecule has 0 aromatic heterocycles. The zero-order valence-electron chi connectivity index (χ0n) is 23.5. The Labute approximate surface area is 330 Å². The quantitative estimate of drug-likeness (QED) is 0.143. The topological polar surface area (TPSA) is 161 Å². The molecule has 0 aliphatic rings. The number of hydrogen-bond donors (Lipinski definition) is 0. The molecular weight excluding hydrogens is 580 g/mol. The van der Waals surface area contributed by atoms with Crippen LogP contribution in [0.2, 0.25) is 0 Å². The summed E-state index contributed by atoms with van der Waals surface area (Å²) in [6.45, 7) is 0. The number of carboxylic acid groups (broad SMARTS) is 4. The van der Waals surface area contributed by atoms with Gasteiger partial charge in [0.2, 0.25) is 0 Å². The second kappa shape index (κ2) is 18.3. The van der Waals surface area contributed by atoms with Crippen molar-refractivity contribution in [3.8, 4) is 22.3 Å². The number of carboxylic acids is 4. The molecule has 4 aromatic rings. The van der Waals surface area contributed by atoms with Crippen molar-refractivity contribution in [1.29, 1.82) is 0 Å². The van der Waals surface area contributed by atoms with Gasteiger partial charge in [0.25, 0.3) is 0 Å². The summed E-state index contributed by atoms with van der Waals surface area (Å²) >= 11 is 0. The molecule has 0 saturated carbocycles. The van der Waals surface area contributed by atoms with E-state index in [9.17, 15) is 39.6 Å². The summed E-state index contributed by atoms with van der Waals surface area (Å²) in [7, 11) is 0. The first kappa shape index (κ1) is 40.5. The number of benzene rings is 4. The molecule has 0 aliphatic heterocycles. The van der Waals surface area contributed by atoms with E-state index in [1.807, 2.05) is 12.2 Å². The van der Waals surface area contributed by atoms with Crippen LogP contribution in [-0.4, -0.2) is 23.9 Å². The van der Waals surface area contributed by atoms with Crippen LogP contribution in [0.5, 0.6) is 0 Å². The van der Waals surface area contributed by atoms with E-state index in [0.717, 1.165) is 23.3 Å². The first-order valence-corrected chi connectivity index (χ1v) is 11.2. The number of hydrogen-bond acceptors (Lipinski definition) is 8. The maximum Gasteiger partial charge on any atom is 1.00 e. The number of rotatable bonds is 8. The summed E-state index contributed by atoms with van der Waals surface area (Å²) in [5.74, 6) is -5.98. The second-order valence-electron chi connectivity index (χ2n) is 8.33. The van der Waals surface area contributed by atoms with Crippen LogP contribution in [0, 0.1) is 0 Å². The van der Waals surface area contributed by atoms with Crippen molar-refractivity contribution >= 4 is 36.0 Å². The third-order valence-corrected chi connectivity index (χ3v) is 5.77. The maximum atomic E-state index is 11.2. The minimum absolute atomic E-state index is 0. The minimum atomic E-state index is -1.49. The maximum absolute atomic E-state index is 11.2. The Morgan fingerprint density at radius 1 is 0.381 bits per heavy atom. The van der Waals surface area contributed by atoms with Crippen LogP contribution in [0.3, 0.4) is 0 Å². The Morgan fingerprint density at radius 2 is 0.619 bits per heavy atom. The predicted octanol–water partition coefficient (Wildman–Crippen LogP) is -11.3. The Kier molecular flexibility index (Phi) is 17.7. The van der Waals surface area contributed by atoms with Gasteiger partial charge < -0.3 is 39.6 Å². The Morgan fingerprint density at radius 3 is 0.833 bits per heavy atom. The second-order valence-corrected chi connectivity index (χ2v) is 8.33. The first-order chi connectivity index (χ1) is 18.1. The number of aromatic carboxylic acids is 4. The van der Waals surface area contributed by atoms with Crippen LogP contribution in [0.25, 0.3) is 34.4 Å². The molecule has 0 unspecified atom stereocenters. The smallest absolute Gasteiger partial charge is 0.545 e. The Bertz CT molecular complexity index is 1430. The molecule has 0 fully saturated rings. The molecule has 0 radical (unpaired) electrons. The van der Waals surface area contributed by atoms with Gasteiger partial charge in [0.05, 0.1) is 23.9 Å². The average Bonchev–Trinajstić information content (AvgIpc) is 2.91. The average molecular weight is 596 g/mol. The standard InChI is InChI=1S/C30H20O8.4Na/c31-27(32)23-11-21(12-24(15-23)28(33)34)19-7-3-17(4-8-19)1-2-18-5-9-20(10-6-18)22-13-25(29(35)36)16-26(14-22)30(37)38;;;;/h1-16H,(H,31,32)(H,33,34)(H,35,36)(H,37,38);;;;/q;4*+1/p-4/b2-1+;;;;. The third-order valence-electron chi connectivity index (χ3n) is 5.77. The van der Waals surface area contributed by atoms with Crippen LogP contribution in [0.4, 0.5) is 0 Å². The van der Waals surface area contributed by atoms with Gasteiger partial charge in [-0.3, -0.25) is 0 Å². The molecule has 188 valence electrons. The monoisotopic (exact) mass is 596 g/mol. The SMILES string of the molecule is O=C([O-])c1cc(C(=O)[O-])cc(-c2ccc(/C=C/c3ccc(-c4cc(C(=O)[O-])cc(C(=O)[O-])c4)cc3)cc2)c1.[Na+].[Na+].[Na+].[Na+]. The van der Waals surface area contributed by atoms with E-state index in [-0.39, 0.29) is 140 Å². The summed E-state index contributed by atoms with van der Waals surface area (Å²) < 4.78 is 0. The van der Waals surface area contributed by atoms with E-state index < -0.39 is 23.9 Å². The molecule has 0 atom stereocenters. The van der Waals surface area contributed by atoms with Crippen LogP contribution in [0.1, 0.15) is 52.6 Å². The summed E-state index contributed by atoms with van der Waals surface area (Å²) in [6, 6.07) is 21.2. The molecule has 42 heavy (non-hydrogen) atoms. The van der Waals surface area contributed by atoms with Crippen molar-refractivity contribution in [2.75, 3.05) is 0 Å². The minimum Gasteiger partial charge on any atom is -0.545 e. The summed E-state index contributed by atoms with van der Waals surface area (Å²) in [5, 5.41) is 44.9. The van der Waals surface area contributed by atoms with E-state index in [2.05, 4.69) is 0 Å². The molecule has 4 rings (SSSR count). The number of carbonyl (C=O) groups excluding carboxylic acids is 4. The van der Waals surface area contributed by atoms with Gasteiger partial charge in [-0.05, 0) is 92.0 Å². The first-order valence-electron chi connectivity index (χ1n) is 11.2. The molecule has 0 spiro atoms. The molecule has 0 aliphatic carbocycles. The van der Waals surface area contributed by atoms with E-state index in [0.29, 0.717) is 22.3 Å². The molecule has 12 heteroatoms.